The molecule has 1 N–H and O–H groups in total. The molecule has 3 aromatic carbocycles. The first-order chi connectivity index (χ1) is 14.9. The van der Waals surface area contributed by atoms with Crippen LogP contribution in [-0.4, -0.2) is 23.9 Å². The Morgan fingerprint density at radius 3 is 2.35 bits per heavy atom. The number of anilines is 1. The van der Waals surface area contributed by atoms with Crippen molar-refractivity contribution >= 4 is 23.3 Å². The van der Waals surface area contributed by atoms with Crippen LogP contribution in [0, 0.1) is 17.0 Å². The number of esters is 1. The van der Waals surface area contributed by atoms with Crippen LogP contribution in [0.2, 0.25) is 0 Å². The summed E-state index contributed by atoms with van der Waals surface area (Å²) in [6, 6.07) is 19.1. The van der Waals surface area contributed by atoms with Gasteiger partial charge in [-0.2, -0.15) is 0 Å². The van der Waals surface area contributed by atoms with E-state index in [9.17, 15) is 19.7 Å². The van der Waals surface area contributed by atoms with Crippen molar-refractivity contribution in [3.05, 3.63) is 99.6 Å². The summed E-state index contributed by atoms with van der Waals surface area (Å²) in [6.45, 7) is 1.86. The highest BCUT2D eigenvalue weighted by Gasteiger charge is 2.29. The summed E-state index contributed by atoms with van der Waals surface area (Å²) >= 11 is 0. The molecule has 0 aliphatic heterocycles. The monoisotopic (exact) mass is 420 g/mol. The van der Waals surface area contributed by atoms with Crippen LogP contribution in [0.3, 0.4) is 0 Å². The van der Waals surface area contributed by atoms with E-state index in [0.29, 0.717) is 17.0 Å². The van der Waals surface area contributed by atoms with Gasteiger partial charge in [0.15, 0.2) is 0 Å². The number of para-hydroxylation sites is 1. The normalized spacial score (nSPS) is 11.3. The van der Waals surface area contributed by atoms with Gasteiger partial charge in [0.25, 0.3) is 11.6 Å². The molecule has 8 nitrogen and oxygen atoms in total. The van der Waals surface area contributed by atoms with E-state index in [1.165, 1.54) is 31.4 Å². The second-order valence-corrected chi connectivity index (χ2v) is 6.66. The average molecular weight is 420 g/mol. The van der Waals surface area contributed by atoms with E-state index >= 15 is 0 Å². The molecule has 0 heterocycles. The lowest BCUT2D eigenvalue weighted by molar-refractivity contribution is -0.385. The molecule has 0 aliphatic rings. The first kappa shape index (κ1) is 21.5. The van der Waals surface area contributed by atoms with Gasteiger partial charge in [-0.05, 0) is 30.7 Å². The summed E-state index contributed by atoms with van der Waals surface area (Å²) < 4.78 is 10.7. The van der Waals surface area contributed by atoms with Crippen LogP contribution in [0.5, 0.6) is 5.75 Å². The molecule has 3 rings (SSSR count). The van der Waals surface area contributed by atoms with Gasteiger partial charge >= 0.3 is 5.97 Å². The molecule has 3 aromatic rings. The number of hydrogen-bond donors (Lipinski definition) is 1. The van der Waals surface area contributed by atoms with E-state index in [-0.39, 0.29) is 5.56 Å². The number of nitrogens with zero attached hydrogens (tertiary/aromatic N) is 1. The van der Waals surface area contributed by atoms with Crippen LogP contribution in [0.1, 0.15) is 27.6 Å². The molecular weight excluding hydrogens is 400 g/mol. The van der Waals surface area contributed by atoms with Crippen molar-refractivity contribution in [3.8, 4) is 5.75 Å². The van der Waals surface area contributed by atoms with Crippen LogP contribution in [0.25, 0.3) is 0 Å². The molecule has 0 spiro atoms. The fourth-order valence-corrected chi connectivity index (χ4v) is 2.99. The Bertz CT molecular complexity index is 1110. The number of nitro groups is 1. The fourth-order valence-electron chi connectivity index (χ4n) is 2.99. The number of hydrogen-bond acceptors (Lipinski definition) is 6. The molecule has 8 heteroatoms. The highest BCUT2D eigenvalue weighted by atomic mass is 16.6. The molecule has 0 fully saturated rings. The van der Waals surface area contributed by atoms with E-state index in [4.69, 9.17) is 9.47 Å². The number of benzene rings is 3. The predicted octanol–water partition coefficient (Wildman–Crippen LogP) is 4.45. The molecule has 31 heavy (non-hydrogen) atoms. The Kier molecular flexibility index (Phi) is 6.61. The van der Waals surface area contributed by atoms with E-state index in [0.717, 1.165) is 5.56 Å². The second kappa shape index (κ2) is 9.53. The van der Waals surface area contributed by atoms with Gasteiger partial charge in [0.05, 0.1) is 17.7 Å². The molecule has 1 unspecified atom stereocenters. The highest BCUT2D eigenvalue weighted by molar-refractivity contribution is 6.00. The maximum absolute atomic E-state index is 13.1. The van der Waals surface area contributed by atoms with Gasteiger partial charge in [0.2, 0.25) is 6.10 Å². The largest absolute Gasteiger partial charge is 0.495 e. The SMILES string of the molecule is COc1ccc(C)cc1NC(=O)C(OC(=O)c1ccccc1[N+](=O)[O-])c1ccccc1. The number of amides is 1. The molecule has 0 radical (unpaired) electrons. The zero-order valence-corrected chi connectivity index (χ0v) is 16.9. The summed E-state index contributed by atoms with van der Waals surface area (Å²) in [5, 5.41) is 14.0. The molecule has 158 valence electrons. The molecule has 0 aromatic heterocycles. The van der Waals surface area contributed by atoms with Crippen LogP contribution in [-0.2, 0) is 9.53 Å². The number of rotatable bonds is 7. The molecular formula is C23H20N2O6. The smallest absolute Gasteiger partial charge is 0.346 e. The highest BCUT2D eigenvalue weighted by Crippen LogP contribution is 2.29. The van der Waals surface area contributed by atoms with Gasteiger partial charge in [0, 0.05) is 11.6 Å². The standard InChI is InChI=1S/C23H20N2O6/c1-15-12-13-20(30-2)18(14-15)24-22(26)21(16-8-4-3-5-9-16)31-23(27)17-10-6-7-11-19(17)25(28)29/h3-14,21H,1-2H3,(H,24,26). The lowest BCUT2D eigenvalue weighted by Crippen LogP contribution is -2.26. The minimum atomic E-state index is -1.33. The number of methoxy groups -OCH3 is 1. The Morgan fingerprint density at radius 1 is 1.00 bits per heavy atom. The summed E-state index contributed by atoms with van der Waals surface area (Å²) in [6.07, 6.45) is -1.33. The minimum absolute atomic E-state index is 0.241. The van der Waals surface area contributed by atoms with E-state index in [1.54, 1.807) is 42.5 Å². The summed E-state index contributed by atoms with van der Waals surface area (Å²) in [7, 11) is 1.48. The zero-order chi connectivity index (χ0) is 22.4. The van der Waals surface area contributed by atoms with Crippen molar-refractivity contribution in [2.75, 3.05) is 12.4 Å². The van der Waals surface area contributed by atoms with E-state index in [2.05, 4.69) is 5.32 Å². The number of carbonyl (C=O) groups is 2. The fraction of sp³-hybridized carbons (Fsp3) is 0.130. The Balaban J connectivity index is 1.93. The third-order valence-electron chi connectivity index (χ3n) is 4.50. The second-order valence-electron chi connectivity index (χ2n) is 6.66. The molecule has 1 atom stereocenters. The van der Waals surface area contributed by atoms with Crippen LogP contribution in [0.15, 0.2) is 72.8 Å². The lowest BCUT2D eigenvalue weighted by atomic mass is 10.1. The number of ether oxygens (including phenoxy) is 2. The Hall–Kier alpha value is -4.20. The van der Waals surface area contributed by atoms with Crippen LogP contribution < -0.4 is 10.1 Å². The number of nitro benzene ring substituents is 1. The van der Waals surface area contributed by atoms with Gasteiger partial charge in [-0.3, -0.25) is 14.9 Å². The quantitative estimate of drug-likeness (QED) is 0.344. The van der Waals surface area contributed by atoms with Crippen molar-refractivity contribution in [3.63, 3.8) is 0 Å². The lowest BCUT2D eigenvalue weighted by Gasteiger charge is -2.19. The summed E-state index contributed by atoms with van der Waals surface area (Å²) in [5.41, 5.74) is 1.08. The third-order valence-corrected chi connectivity index (χ3v) is 4.50. The van der Waals surface area contributed by atoms with Crippen molar-refractivity contribution < 1.29 is 24.0 Å². The Labute approximate surface area is 178 Å². The van der Waals surface area contributed by atoms with Gasteiger partial charge in [-0.15, -0.1) is 0 Å². The first-order valence-electron chi connectivity index (χ1n) is 9.35. The molecule has 0 aliphatic carbocycles. The summed E-state index contributed by atoms with van der Waals surface area (Å²) in [4.78, 5) is 36.4. The van der Waals surface area contributed by atoms with Crippen molar-refractivity contribution in [2.24, 2.45) is 0 Å². The van der Waals surface area contributed by atoms with E-state index < -0.39 is 28.6 Å². The van der Waals surface area contributed by atoms with Gasteiger partial charge < -0.3 is 14.8 Å². The number of aryl methyl sites for hydroxylation is 1. The third kappa shape index (κ3) is 5.05. The molecule has 0 saturated carbocycles. The van der Waals surface area contributed by atoms with Crippen LogP contribution >= 0.6 is 0 Å². The number of nitrogens with one attached hydrogen (secondary N) is 1. The van der Waals surface area contributed by atoms with Gasteiger partial charge in [-0.25, -0.2) is 4.79 Å². The first-order valence-corrected chi connectivity index (χ1v) is 9.35. The maximum Gasteiger partial charge on any atom is 0.346 e. The molecule has 0 saturated heterocycles. The van der Waals surface area contributed by atoms with E-state index in [1.807, 2.05) is 13.0 Å². The van der Waals surface area contributed by atoms with Crippen LogP contribution in [0.4, 0.5) is 11.4 Å². The molecule has 1 amide bonds. The molecule has 0 bridgehead atoms. The predicted molar refractivity (Wildman–Crippen MR) is 114 cm³/mol. The average Bonchev–Trinajstić information content (AvgIpc) is 2.78. The Morgan fingerprint density at radius 2 is 1.68 bits per heavy atom. The number of carbonyl (C=O) groups excluding carboxylic acids is 2. The van der Waals surface area contributed by atoms with Crippen molar-refractivity contribution in [2.45, 2.75) is 13.0 Å². The van der Waals surface area contributed by atoms with Crippen molar-refractivity contribution in [1.82, 2.24) is 0 Å². The minimum Gasteiger partial charge on any atom is -0.495 e. The zero-order valence-electron chi connectivity index (χ0n) is 16.9. The maximum atomic E-state index is 13.1. The van der Waals surface area contributed by atoms with Gasteiger partial charge in [0.1, 0.15) is 11.3 Å². The summed E-state index contributed by atoms with van der Waals surface area (Å²) in [5.74, 6) is -1.16. The van der Waals surface area contributed by atoms with Crippen molar-refractivity contribution in [1.29, 1.82) is 0 Å². The topological polar surface area (TPSA) is 108 Å². The van der Waals surface area contributed by atoms with Gasteiger partial charge in [-0.1, -0.05) is 48.5 Å².